The van der Waals surface area contributed by atoms with Gasteiger partial charge in [0.1, 0.15) is 12.0 Å². The molecule has 0 atom stereocenters. The van der Waals surface area contributed by atoms with Gasteiger partial charge >= 0.3 is 5.97 Å². The van der Waals surface area contributed by atoms with Gasteiger partial charge in [-0.2, -0.15) is 0 Å². The van der Waals surface area contributed by atoms with Crippen LogP contribution in [0.15, 0.2) is 61.6 Å². The number of aryl methyl sites for hydroxylation is 1. The van der Waals surface area contributed by atoms with Crippen molar-refractivity contribution in [3.05, 3.63) is 90.1 Å². The lowest BCUT2D eigenvalue weighted by Gasteiger charge is -2.05. The van der Waals surface area contributed by atoms with Crippen LogP contribution in [0, 0.1) is 17.0 Å². The molecule has 0 bridgehead atoms. The monoisotopic (exact) mass is 530 g/mol. The van der Waals surface area contributed by atoms with Crippen LogP contribution in [0.25, 0.3) is 0 Å². The van der Waals surface area contributed by atoms with E-state index in [-0.39, 0.29) is 28.7 Å². The highest BCUT2D eigenvalue weighted by atomic mass is 32.2. The SMILES string of the molecule is Cc1ccc(C(=O)Oc2coc(CSc3nnc(NC(=O)c4cccs4)s3)cc2=O)cc1[N+](=O)[O-]. The molecular weight excluding hydrogens is 516 g/mol. The third kappa shape index (κ3) is 5.98. The number of carbonyl (C=O) groups excluding carboxylic acids is 2. The molecule has 0 aliphatic carbocycles. The normalized spacial score (nSPS) is 10.7. The fourth-order valence-electron chi connectivity index (χ4n) is 2.70. The Morgan fingerprint density at radius 2 is 2.09 bits per heavy atom. The van der Waals surface area contributed by atoms with Gasteiger partial charge < -0.3 is 9.15 Å². The van der Waals surface area contributed by atoms with E-state index in [2.05, 4.69) is 15.5 Å². The Balaban J connectivity index is 1.36. The lowest BCUT2D eigenvalue weighted by Crippen LogP contribution is -2.15. The van der Waals surface area contributed by atoms with E-state index < -0.39 is 16.3 Å². The molecule has 11 nitrogen and oxygen atoms in total. The highest BCUT2D eigenvalue weighted by molar-refractivity contribution is 8.00. The number of rotatable bonds is 8. The Kier molecular flexibility index (Phi) is 7.33. The Bertz CT molecular complexity index is 1460. The fourth-order valence-corrected chi connectivity index (χ4v) is 4.95. The standard InChI is InChI=1S/C21H14N4O7S3/c1-11-4-5-12(7-14(11)25(29)30)19(28)32-16-9-31-13(8-15(16)26)10-34-21-24-23-20(35-21)22-18(27)17-3-2-6-33-17/h2-9H,10H2,1H3,(H,22,23,27). The van der Waals surface area contributed by atoms with Crippen molar-refractivity contribution in [1.82, 2.24) is 10.2 Å². The molecule has 0 radical (unpaired) electrons. The van der Waals surface area contributed by atoms with Gasteiger partial charge in [-0.15, -0.1) is 21.5 Å². The van der Waals surface area contributed by atoms with Crippen LogP contribution in [0.1, 0.15) is 31.4 Å². The Morgan fingerprint density at radius 1 is 1.26 bits per heavy atom. The van der Waals surface area contributed by atoms with Gasteiger partial charge in [-0.25, -0.2) is 4.79 Å². The average molecular weight is 531 g/mol. The lowest BCUT2D eigenvalue weighted by atomic mass is 10.1. The second-order valence-electron chi connectivity index (χ2n) is 6.82. The maximum atomic E-state index is 12.4. The van der Waals surface area contributed by atoms with Crippen LogP contribution in [0.3, 0.4) is 0 Å². The zero-order chi connectivity index (χ0) is 24.9. The van der Waals surface area contributed by atoms with Gasteiger partial charge in [0.25, 0.3) is 11.6 Å². The number of amides is 1. The minimum atomic E-state index is -0.923. The minimum Gasteiger partial charge on any atom is -0.464 e. The first kappa shape index (κ1) is 24.3. The average Bonchev–Trinajstić information content (AvgIpc) is 3.52. The molecule has 14 heteroatoms. The van der Waals surface area contributed by atoms with Crippen LogP contribution in [-0.2, 0) is 5.75 Å². The van der Waals surface area contributed by atoms with E-state index in [1.54, 1.807) is 24.4 Å². The van der Waals surface area contributed by atoms with Gasteiger partial charge in [0, 0.05) is 17.7 Å². The summed E-state index contributed by atoms with van der Waals surface area (Å²) in [6.07, 6.45) is 1.01. The highest BCUT2D eigenvalue weighted by Crippen LogP contribution is 2.29. The van der Waals surface area contributed by atoms with Crippen molar-refractivity contribution in [2.75, 3.05) is 5.32 Å². The minimum absolute atomic E-state index is 0.0698. The van der Waals surface area contributed by atoms with Gasteiger partial charge in [-0.1, -0.05) is 35.2 Å². The number of thioether (sulfide) groups is 1. The van der Waals surface area contributed by atoms with Crippen LogP contribution >= 0.6 is 34.4 Å². The summed E-state index contributed by atoms with van der Waals surface area (Å²) in [5, 5.41) is 23.8. The van der Waals surface area contributed by atoms with Crippen LogP contribution in [-0.4, -0.2) is 27.0 Å². The van der Waals surface area contributed by atoms with E-state index in [1.165, 1.54) is 52.6 Å². The molecule has 0 saturated heterocycles. The molecule has 1 aromatic carbocycles. The van der Waals surface area contributed by atoms with Crippen molar-refractivity contribution in [2.45, 2.75) is 17.0 Å². The number of ether oxygens (including phenoxy) is 1. The molecule has 0 aliphatic heterocycles. The summed E-state index contributed by atoms with van der Waals surface area (Å²) in [5.41, 5.74) is -0.507. The summed E-state index contributed by atoms with van der Waals surface area (Å²) in [6.45, 7) is 1.54. The smallest absolute Gasteiger partial charge is 0.344 e. The number of thiophene rings is 1. The van der Waals surface area contributed by atoms with Gasteiger partial charge in [0.05, 0.1) is 21.1 Å². The molecule has 0 spiro atoms. The molecule has 3 heterocycles. The van der Waals surface area contributed by atoms with E-state index in [0.717, 1.165) is 12.3 Å². The van der Waals surface area contributed by atoms with E-state index in [0.29, 0.717) is 25.7 Å². The quantitative estimate of drug-likeness (QED) is 0.113. The number of carbonyl (C=O) groups is 2. The topological polar surface area (TPSA) is 155 Å². The summed E-state index contributed by atoms with van der Waals surface area (Å²) >= 11 is 3.72. The number of nitrogens with one attached hydrogen (secondary N) is 1. The second kappa shape index (κ2) is 10.6. The first-order valence-corrected chi connectivity index (χ1v) is 12.4. The number of hydrogen-bond acceptors (Lipinski definition) is 12. The van der Waals surface area contributed by atoms with E-state index in [4.69, 9.17) is 9.15 Å². The summed E-state index contributed by atoms with van der Waals surface area (Å²) in [5.74, 6) is -1.01. The highest BCUT2D eigenvalue weighted by Gasteiger charge is 2.18. The first-order valence-electron chi connectivity index (χ1n) is 9.70. The lowest BCUT2D eigenvalue weighted by molar-refractivity contribution is -0.385. The zero-order valence-electron chi connectivity index (χ0n) is 17.8. The summed E-state index contributed by atoms with van der Waals surface area (Å²) in [6, 6.07) is 8.53. The third-order valence-electron chi connectivity index (χ3n) is 4.41. The first-order chi connectivity index (χ1) is 16.8. The predicted molar refractivity (Wildman–Crippen MR) is 130 cm³/mol. The number of nitro groups is 1. The molecule has 3 aromatic heterocycles. The molecule has 178 valence electrons. The van der Waals surface area contributed by atoms with E-state index >= 15 is 0 Å². The third-order valence-corrected chi connectivity index (χ3v) is 7.27. The zero-order valence-corrected chi connectivity index (χ0v) is 20.2. The van der Waals surface area contributed by atoms with Gasteiger partial charge in [0.15, 0.2) is 4.34 Å². The van der Waals surface area contributed by atoms with Gasteiger partial charge in [-0.05, 0) is 24.4 Å². The van der Waals surface area contributed by atoms with E-state index in [9.17, 15) is 24.5 Å². The number of nitrogens with zero attached hydrogens (tertiary/aromatic N) is 3. The van der Waals surface area contributed by atoms with Gasteiger partial charge in [0.2, 0.25) is 16.3 Å². The van der Waals surface area contributed by atoms with Crippen molar-refractivity contribution < 1.29 is 23.7 Å². The van der Waals surface area contributed by atoms with Crippen molar-refractivity contribution in [1.29, 1.82) is 0 Å². The summed E-state index contributed by atoms with van der Waals surface area (Å²) < 4.78 is 11.0. The maximum absolute atomic E-state index is 12.4. The van der Waals surface area contributed by atoms with Crippen molar-refractivity contribution >= 4 is 57.1 Å². The number of esters is 1. The molecular formula is C21H14N4O7S3. The summed E-state index contributed by atoms with van der Waals surface area (Å²) in [7, 11) is 0. The van der Waals surface area contributed by atoms with Gasteiger partial charge in [-0.3, -0.25) is 25.0 Å². The molecule has 0 unspecified atom stereocenters. The van der Waals surface area contributed by atoms with E-state index in [1.807, 2.05) is 0 Å². The largest absolute Gasteiger partial charge is 0.464 e. The van der Waals surface area contributed by atoms with Crippen LogP contribution in [0.5, 0.6) is 5.75 Å². The molecule has 0 aliphatic rings. The molecule has 1 amide bonds. The molecule has 4 rings (SSSR count). The van der Waals surface area contributed by atoms with Crippen molar-refractivity contribution in [2.24, 2.45) is 0 Å². The Morgan fingerprint density at radius 3 is 2.80 bits per heavy atom. The fraction of sp³-hybridized carbons (Fsp3) is 0.0952. The Hall–Kier alpha value is -3.88. The number of anilines is 1. The number of hydrogen-bond donors (Lipinski definition) is 1. The van der Waals surface area contributed by atoms with Crippen molar-refractivity contribution in [3.63, 3.8) is 0 Å². The van der Waals surface area contributed by atoms with Crippen LogP contribution in [0.4, 0.5) is 10.8 Å². The Labute approximate surface area is 208 Å². The van der Waals surface area contributed by atoms with Crippen LogP contribution in [0.2, 0.25) is 0 Å². The maximum Gasteiger partial charge on any atom is 0.344 e. The molecule has 1 N–H and O–H groups in total. The number of nitro benzene ring substituents is 1. The second-order valence-corrected chi connectivity index (χ2v) is 9.96. The molecule has 35 heavy (non-hydrogen) atoms. The molecule has 4 aromatic rings. The van der Waals surface area contributed by atoms with Crippen molar-refractivity contribution in [3.8, 4) is 5.75 Å². The molecule has 0 fully saturated rings. The predicted octanol–water partition coefficient (Wildman–Crippen LogP) is 4.53. The number of benzene rings is 1. The van der Waals surface area contributed by atoms with Crippen LogP contribution < -0.4 is 15.5 Å². The number of aromatic nitrogens is 2. The molecule has 0 saturated carbocycles. The summed E-state index contributed by atoms with van der Waals surface area (Å²) in [4.78, 5) is 47.8.